The van der Waals surface area contributed by atoms with Gasteiger partial charge in [-0.25, -0.2) is 0 Å². The van der Waals surface area contributed by atoms with Crippen molar-refractivity contribution in [3.8, 4) is 0 Å². The Morgan fingerprint density at radius 3 is 2.29 bits per heavy atom. The highest BCUT2D eigenvalue weighted by Gasteiger charge is 1.91. The van der Waals surface area contributed by atoms with E-state index in [9.17, 15) is 0 Å². The van der Waals surface area contributed by atoms with Gasteiger partial charge >= 0.3 is 0 Å². The van der Waals surface area contributed by atoms with E-state index in [1.54, 1.807) is 0 Å². The molecule has 0 aromatic heterocycles. The summed E-state index contributed by atoms with van der Waals surface area (Å²) in [4.78, 5) is 0. The summed E-state index contributed by atoms with van der Waals surface area (Å²) < 4.78 is 0. The topological polar surface area (TPSA) is 26.0 Å². The van der Waals surface area contributed by atoms with Gasteiger partial charge in [0.1, 0.15) is 0 Å². The van der Waals surface area contributed by atoms with Crippen LogP contribution in [0.4, 0.5) is 0 Å². The molecular formula is C6H7N. The molecule has 0 atom stereocenters. The minimum absolute atomic E-state index is 0.796. The van der Waals surface area contributed by atoms with Crippen molar-refractivity contribution in [3.05, 3.63) is 36.1 Å². The average Bonchev–Trinajstić information content (AvgIpc) is 1.87. The van der Waals surface area contributed by atoms with Crippen LogP contribution < -0.4 is 5.73 Å². The van der Waals surface area contributed by atoms with E-state index < -0.39 is 0 Å². The van der Waals surface area contributed by atoms with Crippen LogP contribution in [0.5, 0.6) is 0 Å². The summed E-state index contributed by atoms with van der Waals surface area (Å²) in [6.07, 6.45) is 5.55. The highest BCUT2D eigenvalue weighted by Crippen LogP contribution is 2.06. The highest BCUT2D eigenvalue weighted by atomic mass is 14.6. The van der Waals surface area contributed by atoms with Crippen molar-refractivity contribution < 1.29 is 0 Å². The molecule has 0 saturated carbocycles. The lowest BCUT2D eigenvalue weighted by atomic mass is 10.3. The van der Waals surface area contributed by atoms with Crippen molar-refractivity contribution in [2.45, 2.75) is 0 Å². The third-order valence-electron chi connectivity index (χ3n) is 0.842. The van der Waals surface area contributed by atoms with Gasteiger partial charge in [-0.05, 0) is 17.7 Å². The van der Waals surface area contributed by atoms with Crippen molar-refractivity contribution in [1.29, 1.82) is 0 Å². The molecule has 0 heterocycles. The molecule has 0 aromatic carbocycles. The van der Waals surface area contributed by atoms with Crippen LogP contribution in [0.1, 0.15) is 0 Å². The first-order chi connectivity index (χ1) is 3.29. The summed E-state index contributed by atoms with van der Waals surface area (Å²) >= 11 is 0. The van der Waals surface area contributed by atoms with Crippen molar-refractivity contribution >= 4 is 0 Å². The molecule has 0 saturated heterocycles. The average molecular weight is 93.1 g/mol. The van der Waals surface area contributed by atoms with Crippen LogP contribution in [-0.4, -0.2) is 0 Å². The van der Waals surface area contributed by atoms with E-state index in [-0.39, 0.29) is 0 Å². The van der Waals surface area contributed by atoms with Crippen LogP contribution in [0.15, 0.2) is 36.1 Å². The van der Waals surface area contributed by atoms with Crippen molar-refractivity contribution in [2.24, 2.45) is 5.73 Å². The van der Waals surface area contributed by atoms with E-state index in [0.29, 0.717) is 0 Å². The van der Waals surface area contributed by atoms with E-state index in [2.05, 4.69) is 6.58 Å². The zero-order chi connectivity index (χ0) is 5.28. The van der Waals surface area contributed by atoms with Gasteiger partial charge in [-0.1, -0.05) is 12.7 Å². The molecule has 0 aromatic rings. The predicted molar refractivity (Wildman–Crippen MR) is 30.6 cm³/mol. The van der Waals surface area contributed by atoms with E-state index in [0.717, 1.165) is 11.3 Å². The fourth-order valence-corrected chi connectivity index (χ4v) is 0.514. The van der Waals surface area contributed by atoms with Gasteiger partial charge in [0.25, 0.3) is 0 Å². The zero-order valence-corrected chi connectivity index (χ0v) is 4.02. The third kappa shape index (κ3) is 0.712. The van der Waals surface area contributed by atoms with Crippen LogP contribution >= 0.6 is 0 Å². The van der Waals surface area contributed by atoms with Gasteiger partial charge in [0, 0.05) is 5.70 Å². The van der Waals surface area contributed by atoms with E-state index in [1.165, 1.54) is 0 Å². The SMILES string of the molecule is C=C1C=CC(N)=C1. The van der Waals surface area contributed by atoms with Gasteiger partial charge in [0.2, 0.25) is 0 Å². The molecule has 1 aliphatic rings. The number of hydrogen-bond donors (Lipinski definition) is 1. The van der Waals surface area contributed by atoms with Gasteiger partial charge in [-0.3, -0.25) is 0 Å². The van der Waals surface area contributed by atoms with Crippen LogP contribution in [0, 0.1) is 0 Å². The zero-order valence-electron chi connectivity index (χ0n) is 4.02. The summed E-state index contributed by atoms with van der Waals surface area (Å²) in [5.41, 5.74) is 7.12. The molecule has 0 spiro atoms. The van der Waals surface area contributed by atoms with Crippen LogP contribution in [-0.2, 0) is 0 Å². The van der Waals surface area contributed by atoms with Crippen LogP contribution in [0.25, 0.3) is 0 Å². The first-order valence-corrected chi connectivity index (χ1v) is 2.13. The lowest BCUT2D eigenvalue weighted by molar-refractivity contribution is 1.45. The Kier molecular flexibility index (Phi) is 0.754. The Balaban J connectivity index is 2.88. The fourth-order valence-electron chi connectivity index (χ4n) is 0.514. The molecule has 0 amide bonds. The highest BCUT2D eigenvalue weighted by molar-refractivity contribution is 5.42. The molecular weight excluding hydrogens is 86.1 g/mol. The van der Waals surface area contributed by atoms with Crippen molar-refractivity contribution in [2.75, 3.05) is 0 Å². The Labute approximate surface area is 42.8 Å². The lowest BCUT2D eigenvalue weighted by Gasteiger charge is -1.77. The summed E-state index contributed by atoms with van der Waals surface area (Å²) in [5.74, 6) is 0. The van der Waals surface area contributed by atoms with E-state index in [4.69, 9.17) is 5.73 Å². The predicted octanol–water partition coefficient (Wildman–Crippen LogP) is 0.955. The largest absolute Gasteiger partial charge is 0.399 e. The molecule has 0 fully saturated rings. The number of nitrogens with two attached hydrogens (primary N) is 1. The standard InChI is InChI=1S/C6H7N/c1-5-2-3-6(7)4-5/h2-4H,1,7H2. The monoisotopic (exact) mass is 93.1 g/mol. The van der Waals surface area contributed by atoms with Gasteiger partial charge < -0.3 is 5.73 Å². The minimum atomic E-state index is 0.796. The molecule has 0 radical (unpaired) electrons. The fraction of sp³-hybridized carbons (Fsp3) is 0. The van der Waals surface area contributed by atoms with Gasteiger partial charge in [0.05, 0.1) is 0 Å². The van der Waals surface area contributed by atoms with Crippen molar-refractivity contribution in [1.82, 2.24) is 0 Å². The van der Waals surface area contributed by atoms with Gasteiger partial charge in [-0.2, -0.15) is 0 Å². The summed E-state index contributed by atoms with van der Waals surface area (Å²) in [5, 5.41) is 0. The maximum Gasteiger partial charge on any atom is 0.0319 e. The summed E-state index contributed by atoms with van der Waals surface area (Å²) in [6.45, 7) is 3.66. The van der Waals surface area contributed by atoms with Crippen LogP contribution in [0.2, 0.25) is 0 Å². The molecule has 1 heteroatoms. The molecule has 1 aliphatic carbocycles. The van der Waals surface area contributed by atoms with Gasteiger partial charge in [0.15, 0.2) is 0 Å². The minimum Gasteiger partial charge on any atom is -0.399 e. The second-order valence-corrected chi connectivity index (χ2v) is 1.55. The number of rotatable bonds is 0. The summed E-state index contributed by atoms with van der Waals surface area (Å²) in [6, 6.07) is 0. The molecule has 7 heavy (non-hydrogen) atoms. The maximum atomic E-state index is 5.34. The molecule has 1 rings (SSSR count). The Morgan fingerprint density at radius 1 is 1.43 bits per heavy atom. The lowest BCUT2D eigenvalue weighted by Crippen LogP contribution is -1.87. The molecule has 2 N–H and O–H groups in total. The molecule has 0 unspecified atom stereocenters. The van der Waals surface area contributed by atoms with Crippen LogP contribution in [0.3, 0.4) is 0 Å². The smallest absolute Gasteiger partial charge is 0.0319 e. The maximum absolute atomic E-state index is 5.34. The quantitative estimate of drug-likeness (QED) is 0.474. The Hall–Kier alpha value is -0.980. The second kappa shape index (κ2) is 1.26. The van der Waals surface area contributed by atoms with E-state index >= 15 is 0 Å². The summed E-state index contributed by atoms with van der Waals surface area (Å²) in [7, 11) is 0. The Morgan fingerprint density at radius 2 is 2.14 bits per heavy atom. The first kappa shape index (κ1) is 4.19. The van der Waals surface area contributed by atoms with Crippen molar-refractivity contribution in [3.63, 3.8) is 0 Å². The molecule has 36 valence electrons. The number of allylic oxidation sites excluding steroid dienone is 4. The first-order valence-electron chi connectivity index (χ1n) is 2.13. The third-order valence-corrected chi connectivity index (χ3v) is 0.842. The Bertz CT molecular complexity index is 152. The normalized spacial score (nSPS) is 17.7. The molecule has 0 aliphatic heterocycles. The molecule has 1 nitrogen and oxygen atoms in total. The molecule has 0 bridgehead atoms. The second-order valence-electron chi connectivity index (χ2n) is 1.55. The van der Waals surface area contributed by atoms with E-state index in [1.807, 2.05) is 18.2 Å². The van der Waals surface area contributed by atoms with Gasteiger partial charge in [-0.15, -0.1) is 0 Å². The number of hydrogen-bond acceptors (Lipinski definition) is 1.